The van der Waals surface area contributed by atoms with Crippen LogP contribution in [0, 0.1) is 0 Å². The van der Waals surface area contributed by atoms with Crippen molar-refractivity contribution in [1.82, 2.24) is 0 Å². The minimum Gasteiger partial charge on any atom is -0.508 e. The molecule has 0 unspecified atom stereocenters. The summed E-state index contributed by atoms with van der Waals surface area (Å²) in [5, 5.41) is 20.6. The van der Waals surface area contributed by atoms with Crippen LogP contribution in [0.15, 0.2) is 23.8 Å². The summed E-state index contributed by atoms with van der Waals surface area (Å²) in [6.07, 6.45) is 8.23. The average molecular weight is 416 g/mol. The van der Waals surface area contributed by atoms with Gasteiger partial charge >= 0.3 is 5.97 Å². The number of hydrogen-bond donors (Lipinski definition) is 3. The number of nitrogens with two attached hydrogens (primary N) is 1. The van der Waals surface area contributed by atoms with Crippen LogP contribution in [-0.4, -0.2) is 27.3 Å². The molecule has 1 heterocycles. The second kappa shape index (κ2) is 7.92. The van der Waals surface area contributed by atoms with Gasteiger partial charge in [0, 0.05) is 17.1 Å². The molecular formula is C25H37NO4. The van der Waals surface area contributed by atoms with E-state index in [9.17, 15) is 15.0 Å². The molecular weight excluding hydrogens is 378 g/mol. The van der Waals surface area contributed by atoms with E-state index in [1.54, 1.807) is 6.08 Å². The number of carboxylic acid groups (broad SMARTS) is 1. The van der Waals surface area contributed by atoms with E-state index in [-0.39, 0.29) is 17.1 Å². The first-order valence-corrected chi connectivity index (χ1v) is 11.2. The van der Waals surface area contributed by atoms with Gasteiger partial charge in [-0.1, -0.05) is 52.5 Å². The molecule has 1 aliphatic carbocycles. The number of unbranched alkanes of at least 4 members (excludes halogenated alkanes) is 3. The van der Waals surface area contributed by atoms with E-state index in [1.165, 1.54) is 19.3 Å². The summed E-state index contributed by atoms with van der Waals surface area (Å²) in [5.74, 6) is -0.443. The number of ether oxygens (including phenoxy) is 1. The molecule has 0 aromatic heterocycles. The minimum atomic E-state index is -0.924. The lowest BCUT2D eigenvalue weighted by atomic mass is 9.61. The average Bonchev–Trinajstić information content (AvgIpc) is 2.64. The van der Waals surface area contributed by atoms with Crippen molar-refractivity contribution in [3.63, 3.8) is 0 Å². The summed E-state index contributed by atoms with van der Waals surface area (Å²) in [7, 11) is 0. The van der Waals surface area contributed by atoms with Crippen LogP contribution in [-0.2, 0) is 10.2 Å². The summed E-state index contributed by atoms with van der Waals surface area (Å²) >= 11 is 0. The Labute approximate surface area is 180 Å². The second-order valence-corrected chi connectivity index (χ2v) is 10.2. The molecule has 5 heteroatoms. The molecule has 0 fully saturated rings. The molecule has 1 aromatic rings. The smallest absolute Gasteiger partial charge is 0.331 e. The normalized spacial score (nSPS) is 25.0. The molecule has 2 aliphatic rings. The molecule has 2 atom stereocenters. The number of hydrogen-bond acceptors (Lipinski definition) is 4. The molecule has 0 amide bonds. The van der Waals surface area contributed by atoms with Crippen LogP contribution in [0.1, 0.15) is 96.6 Å². The quantitative estimate of drug-likeness (QED) is 0.519. The number of benzene rings is 1. The Bertz CT molecular complexity index is 855. The number of fused-ring (bicyclic) bond motifs is 3. The van der Waals surface area contributed by atoms with Crippen molar-refractivity contribution in [1.29, 1.82) is 0 Å². The molecule has 166 valence electrons. The number of aliphatic carboxylic acids is 1. The predicted octanol–water partition coefficient (Wildman–Crippen LogP) is 5.40. The molecule has 0 bridgehead atoms. The van der Waals surface area contributed by atoms with Crippen LogP contribution in [0.5, 0.6) is 11.5 Å². The minimum absolute atomic E-state index is 0.0936. The predicted molar refractivity (Wildman–Crippen MR) is 119 cm³/mol. The first kappa shape index (κ1) is 22.7. The fourth-order valence-electron chi connectivity index (χ4n) is 5.06. The Hall–Kier alpha value is -2.01. The largest absolute Gasteiger partial charge is 0.508 e. The highest BCUT2D eigenvalue weighted by Gasteiger charge is 2.56. The van der Waals surface area contributed by atoms with Crippen LogP contribution in [0.3, 0.4) is 0 Å². The molecule has 5 nitrogen and oxygen atoms in total. The molecule has 3 rings (SSSR count). The number of carbonyl (C=O) groups is 1. The monoisotopic (exact) mass is 415 g/mol. The molecule has 0 saturated heterocycles. The Kier molecular flexibility index (Phi) is 5.98. The van der Waals surface area contributed by atoms with E-state index < -0.39 is 17.1 Å². The van der Waals surface area contributed by atoms with E-state index in [1.807, 2.05) is 26.0 Å². The second-order valence-electron chi connectivity index (χ2n) is 10.2. The van der Waals surface area contributed by atoms with Gasteiger partial charge < -0.3 is 20.7 Å². The highest BCUT2D eigenvalue weighted by atomic mass is 16.5. The Morgan fingerprint density at radius 1 is 1.27 bits per heavy atom. The van der Waals surface area contributed by atoms with E-state index in [0.29, 0.717) is 29.7 Å². The lowest BCUT2D eigenvalue weighted by Gasteiger charge is -2.54. The molecule has 1 aromatic carbocycles. The van der Waals surface area contributed by atoms with E-state index >= 15 is 0 Å². The summed E-state index contributed by atoms with van der Waals surface area (Å²) < 4.78 is 6.39. The van der Waals surface area contributed by atoms with Gasteiger partial charge in [0.15, 0.2) is 0 Å². The third kappa shape index (κ3) is 3.84. The van der Waals surface area contributed by atoms with E-state index in [4.69, 9.17) is 10.5 Å². The van der Waals surface area contributed by atoms with Crippen LogP contribution < -0.4 is 10.5 Å². The van der Waals surface area contributed by atoms with Gasteiger partial charge in [-0.3, -0.25) is 0 Å². The Balaban J connectivity index is 2.01. The molecule has 0 saturated carbocycles. The van der Waals surface area contributed by atoms with Crippen LogP contribution in [0.4, 0.5) is 0 Å². The number of phenols is 1. The van der Waals surface area contributed by atoms with Gasteiger partial charge in [0.2, 0.25) is 0 Å². The van der Waals surface area contributed by atoms with Crippen molar-refractivity contribution in [3.05, 3.63) is 34.9 Å². The zero-order chi connectivity index (χ0) is 22.3. The van der Waals surface area contributed by atoms with Gasteiger partial charge in [0.05, 0.1) is 5.54 Å². The lowest BCUT2D eigenvalue weighted by Crippen LogP contribution is -2.66. The van der Waals surface area contributed by atoms with Crippen molar-refractivity contribution < 1.29 is 19.7 Å². The highest BCUT2D eigenvalue weighted by Crippen LogP contribution is 2.56. The standard InChI is InChI=1S/C25H37NO4/c1-6-7-8-9-11-23(2,3)17-14-19(27)21-18-13-16(22(28)29)10-12-25(18,26)24(4,5)30-20(21)15-17/h10,14-15,18,27H,6-9,11-13,26H2,1-5H3,(H,28,29)/t18-,25-/m0/s1. The first-order chi connectivity index (χ1) is 13.9. The maximum Gasteiger partial charge on any atom is 0.331 e. The lowest BCUT2D eigenvalue weighted by molar-refractivity contribution is -0.133. The molecule has 0 spiro atoms. The van der Waals surface area contributed by atoms with Crippen LogP contribution in [0.2, 0.25) is 0 Å². The molecule has 30 heavy (non-hydrogen) atoms. The summed E-state index contributed by atoms with van der Waals surface area (Å²) in [4.78, 5) is 11.6. The van der Waals surface area contributed by atoms with Gasteiger partial charge in [-0.05, 0) is 56.2 Å². The maximum absolute atomic E-state index is 11.6. The molecule has 0 radical (unpaired) electrons. The fraction of sp³-hybridized carbons (Fsp3) is 0.640. The van der Waals surface area contributed by atoms with Crippen LogP contribution >= 0.6 is 0 Å². The van der Waals surface area contributed by atoms with E-state index in [0.717, 1.165) is 18.4 Å². The van der Waals surface area contributed by atoms with Crippen LogP contribution in [0.25, 0.3) is 0 Å². The number of rotatable bonds is 7. The third-order valence-electron chi connectivity index (χ3n) is 7.40. The van der Waals surface area contributed by atoms with Crippen molar-refractivity contribution >= 4 is 5.97 Å². The first-order valence-electron chi connectivity index (χ1n) is 11.2. The van der Waals surface area contributed by atoms with Crippen molar-refractivity contribution in [2.45, 2.75) is 102 Å². The van der Waals surface area contributed by atoms with Gasteiger partial charge in [0.25, 0.3) is 0 Å². The summed E-state index contributed by atoms with van der Waals surface area (Å²) in [6, 6.07) is 3.87. The van der Waals surface area contributed by atoms with Crippen molar-refractivity contribution in [2.24, 2.45) is 5.73 Å². The van der Waals surface area contributed by atoms with Crippen molar-refractivity contribution in [2.75, 3.05) is 0 Å². The van der Waals surface area contributed by atoms with Gasteiger partial charge in [-0.2, -0.15) is 0 Å². The Morgan fingerprint density at radius 3 is 2.60 bits per heavy atom. The molecule has 4 N–H and O–H groups in total. The summed E-state index contributed by atoms with van der Waals surface area (Å²) in [5.41, 5.74) is 7.30. The zero-order valence-corrected chi connectivity index (χ0v) is 19.0. The highest BCUT2D eigenvalue weighted by molar-refractivity contribution is 5.87. The number of aromatic hydroxyl groups is 1. The van der Waals surface area contributed by atoms with E-state index in [2.05, 4.69) is 20.8 Å². The topological polar surface area (TPSA) is 92.8 Å². The number of phenolic OH excluding ortho intramolecular Hbond substituents is 1. The number of carboxylic acids is 1. The fourth-order valence-corrected chi connectivity index (χ4v) is 5.06. The maximum atomic E-state index is 11.6. The third-order valence-corrected chi connectivity index (χ3v) is 7.40. The summed E-state index contributed by atoms with van der Waals surface area (Å²) in [6.45, 7) is 10.5. The van der Waals surface area contributed by atoms with Crippen molar-refractivity contribution in [3.8, 4) is 11.5 Å². The SMILES string of the molecule is CCCCCCC(C)(C)c1cc(O)c2c(c1)OC(C)(C)[C@]1(N)CC=C(C(=O)O)C[C@@H]21. The van der Waals surface area contributed by atoms with Gasteiger partial charge in [0.1, 0.15) is 17.1 Å². The Morgan fingerprint density at radius 2 is 1.97 bits per heavy atom. The van der Waals surface area contributed by atoms with Gasteiger partial charge in [-0.25, -0.2) is 4.79 Å². The van der Waals surface area contributed by atoms with Gasteiger partial charge in [-0.15, -0.1) is 0 Å². The molecule has 1 aliphatic heterocycles. The zero-order valence-electron chi connectivity index (χ0n) is 19.0.